The second kappa shape index (κ2) is 12.2. The average Bonchev–Trinajstić information content (AvgIpc) is 3.29. The van der Waals surface area contributed by atoms with Gasteiger partial charge in [0.05, 0.1) is 0 Å². The molecule has 2 heterocycles. The van der Waals surface area contributed by atoms with Gasteiger partial charge in [0.15, 0.2) is 11.8 Å². The van der Waals surface area contributed by atoms with E-state index in [2.05, 4.69) is 65.2 Å². The molecule has 2 rings (SSSR count). The molecule has 0 aromatic carbocycles. The minimum atomic E-state index is 0.527. The molecule has 0 spiro atoms. The van der Waals surface area contributed by atoms with Crippen molar-refractivity contribution in [3.8, 4) is 0 Å². The van der Waals surface area contributed by atoms with Gasteiger partial charge in [-0.1, -0.05) is 6.92 Å². The standard InChI is InChI=1S/C22H44N8/c1-8-29-13-9-11-20(29)15-24-22(25-16-21-27-26-19(6)28(21)7)23-12-10-14-30(17(2)3)18(4)5/h17-18,20H,8-16H2,1-7H3,(H2,23,24,25). The van der Waals surface area contributed by atoms with Crippen molar-refractivity contribution in [2.45, 2.75) is 85.5 Å². The molecule has 0 radical (unpaired) electrons. The molecule has 1 aliphatic heterocycles. The van der Waals surface area contributed by atoms with E-state index in [0.29, 0.717) is 24.7 Å². The molecule has 0 aliphatic carbocycles. The number of likely N-dealkylation sites (N-methyl/N-ethyl adjacent to an activating group) is 1. The highest BCUT2D eigenvalue weighted by Crippen LogP contribution is 2.15. The highest BCUT2D eigenvalue weighted by atomic mass is 15.3. The predicted octanol–water partition coefficient (Wildman–Crippen LogP) is 2.15. The molecule has 1 aromatic heterocycles. The fourth-order valence-electron chi connectivity index (χ4n) is 4.25. The van der Waals surface area contributed by atoms with E-state index in [1.165, 1.54) is 19.4 Å². The lowest BCUT2D eigenvalue weighted by molar-refractivity contribution is 0.173. The van der Waals surface area contributed by atoms with E-state index in [1.54, 1.807) is 0 Å². The SMILES string of the molecule is CCN1CCCC1CNC(=NCc1nnc(C)n1C)NCCCN(C(C)C)C(C)C. The Balaban J connectivity index is 1.92. The van der Waals surface area contributed by atoms with E-state index >= 15 is 0 Å². The first-order valence-electron chi connectivity index (χ1n) is 11.7. The van der Waals surface area contributed by atoms with Gasteiger partial charge in [-0.3, -0.25) is 9.80 Å². The Bertz CT molecular complexity index is 644. The Kier molecular flexibility index (Phi) is 10.0. The topological polar surface area (TPSA) is 73.6 Å². The maximum Gasteiger partial charge on any atom is 0.191 e. The number of nitrogens with one attached hydrogen (secondary N) is 2. The number of aromatic nitrogens is 3. The summed E-state index contributed by atoms with van der Waals surface area (Å²) in [4.78, 5) is 9.89. The molecule has 0 bridgehead atoms. The van der Waals surface area contributed by atoms with Crippen LogP contribution in [-0.4, -0.2) is 81.4 Å². The summed E-state index contributed by atoms with van der Waals surface area (Å²) in [6.45, 7) is 19.1. The zero-order valence-corrected chi connectivity index (χ0v) is 20.3. The van der Waals surface area contributed by atoms with Gasteiger partial charge in [0.2, 0.25) is 0 Å². The lowest BCUT2D eigenvalue weighted by atomic mass is 10.2. The summed E-state index contributed by atoms with van der Waals surface area (Å²) < 4.78 is 2.00. The first kappa shape index (κ1) is 24.6. The molecule has 0 saturated carbocycles. The van der Waals surface area contributed by atoms with Crippen LogP contribution >= 0.6 is 0 Å². The van der Waals surface area contributed by atoms with Crippen molar-refractivity contribution in [1.29, 1.82) is 0 Å². The molecule has 30 heavy (non-hydrogen) atoms. The highest BCUT2D eigenvalue weighted by Gasteiger charge is 2.22. The zero-order chi connectivity index (χ0) is 22.1. The van der Waals surface area contributed by atoms with Crippen molar-refractivity contribution in [2.24, 2.45) is 12.0 Å². The van der Waals surface area contributed by atoms with Crippen LogP contribution in [0.5, 0.6) is 0 Å². The summed E-state index contributed by atoms with van der Waals surface area (Å²) in [7, 11) is 1.99. The van der Waals surface area contributed by atoms with Gasteiger partial charge in [0.25, 0.3) is 0 Å². The number of hydrogen-bond acceptors (Lipinski definition) is 5. The molecule has 1 saturated heterocycles. The number of hydrogen-bond donors (Lipinski definition) is 2. The fraction of sp³-hybridized carbons (Fsp3) is 0.864. The second-order valence-electron chi connectivity index (χ2n) is 8.90. The summed E-state index contributed by atoms with van der Waals surface area (Å²) in [5, 5.41) is 15.5. The normalized spacial score (nSPS) is 18.2. The van der Waals surface area contributed by atoms with E-state index < -0.39 is 0 Å². The minimum Gasteiger partial charge on any atom is -0.356 e. The van der Waals surface area contributed by atoms with Gasteiger partial charge < -0.3 is 15.2 Å². The van der Waals surface area contributed by atoms with Gasteiger partial charge in [0.1, 0.15) is 12.4 Å². The Hall–Kier alpha value is -1.67. The molecule has 172 valence electrons. The molecule has 1 aromatic rings. The maximum absolute atomic E-state index is 4.81. The third kappa shape index (κ3) is 7.23. The van der Waals surface area contributed by atoms with Crippen molar-refractivity contribution < 1.29 is 0 Å². The molecule has 0 amide bonds. The van der Waals surface area contributed by atoms with Gasteiger partial charge in [0, 0.05) is 44.8 Å². The smallest absolute Gasteiger partial charge is 0.191 e. The van der Waals surface area contributed by atoms with Gasteiger partial charge in [-0.2, -0.15) is 0 Å². The van der Waals surface area contributed by atoms with E-state index in [0.717, 1.165) is 50.2 Å². The molecule has 2 N–H and O–H groups in total. The van der Waals surface area contributed by atoms with Crippen LogP contribution in [0.4, 0.5) is 0 Å². The highest BCUT2D eigenvalue weighted by molar-refractivity contribution is 5.79. The predicted molar refractivity (Wildman–Crippen MR) is 125 cm³/mol. The Morgan fingerprint density at radius 3 is 2.53 bits per heavy atom. The molecule has 8 heteroatoms. The van der Waals surface area contributed by atoms with Crippen LogP contribution in [0.25, 0.3) is 0 Å². The number of guanidine groups is 1. The zero-order valence-electron chi connectivity index (χ0n) is 20.3. The lowest BCUT2D eigenvalue weighted by Gasteiger charge is -2.30. The van der Waals surface area contributed by atoms with Crippen LogP contribution in [-0.2, 0) is 13.6 Å². The monoisotopic (exact) mass is 420 g/mol. The van der Waals surface area contributed by atoms with Crippen LogP contribution in [0.15, 0.2) is 4.99 Å². The number of aliphatic imine (C=N–C) groups is 1. The van der Waals surface area contributed by atoms with Crippen molar-refractivity contribution in [3.63, 3.8) is 0 Å². The molecule has 8 nitrogen and oxygen atoms in total. The van der Waals surface area contributed by atoms with Crippen LogP contribution in [0, 0.1) is 6.92 Å². The van der Waals surface area contributed by atoms with Crippen molar-refractivity contribution in [3.05, 3.63) is 11.6 Å². The van der Waals surface area contributed by atoms with Crippen molar-refractivity contribution >= 4 is 5.96 Å². The van der Waals surface area contributed by atoms with Gasteiger partial charge in [-0.15, -0.1) is 10.2 Å². The van der Waals surface area contributed by atoms with Crippen molar-refractivity contribution in [2.75, 3.05) is 32.7 Å². The summed E-state index contributed by atoms with van der Waals surface area (Å²) in [5.74, 6) is 2.67. The minimum absolute atomic E-state index is 0.527. The van der Waals surface area contributed by atoms with E-state index in [-0.39, 0.29) is 0 Å². The maximum atomic E-state index is 4.81. The third-order valence-corrected chi connectivity index (χ3v) is 6.18. The second-order valence-corrected chi connectivity index (χ2v) is 8.90. The van der Waals surface area contributed by atoms with Gasteiger partial charge >= 0.3 is 0 Å². The molecular weight excluding hydrogens is 376 g/mol. The Labute approximate surface area is 183 Å². The summed E-state index contributed by atoms with van der Waals surface area (Å²) >= 11 is 0. The largest absolute Gasteiger partial charge is 0.356 e. The Morgan fingerprint density at radius 1 is 1.20 bits per heavy atom. The van der Waals surface area contributed by atoms with E-state index in [4.69, 9.17) is 4.99 Å². The van der Waals surface area contributed by atoms with Crippen LogP contribution in [0.2, 0.25) is 0 Å². The summed E-state index contributed by atoms with van der Waals surface area (Å²) in [6, 6.07) is 1.73. The van der Waals surface area contributed by atoms with E-state index in [1.807, 2.05) is 18.5 Å². The summed E-state index contributed by atoms with van der Waals surface area (Å²) in [5.41, 5.74) is 0. The van der Waals surface area contributed by atoms with Crippen molar-refractivity contribution in [1.82, 2.24) is 35.2 Å². The molecule has 1 unspecified atom stereocenters. The van der Waals surface area contributed by atoms with Gasteiger partial charge in [-0.25, -0.2) is 4.99 Å². The molecule has 1 atom stereocenters. The number of rotatable bonds is 11. The summed E-state index contributed by atoms with van der Waals surface area (Å²) in [6.07, 6.45) is 3.64. The third-order valence-electron chi connectivity index (χ3n) is 6.18. The first-order chi connectivity index (χ1) is 14.3. The van der Waals surface area contributed by atoms with Crippen LogP contribution in [0.1, 0.15) is 65.5 Å². The lowest BCUT2D eigenvalue weighted by Crippen LogP contribution is -2.45. The van der Waals surface area contributed by atoms with Crippen LogP contribution < -0.4 is 10.6 Å². The van der Waals surface area contributed by atoms with E-state index in [9.17, 15) is 0 Å². The number of likely N-dealkylation sites (tertiary alicyclic amines) is 1. The first-order valence-corrected chi connectivity index (χ1v) is 11.7. The number of nitrogens with zero attached hydrogens (tertiary/aromatic N) is 6. The average molecular weight is 421 g/mol. The van der Waals surface area contributed by atoms with Gasteiger partial charge in [-0.05, 0) is 67.0 Å². The quantitative estimate of drug-likeness (QED) is 0.325. The Morgan fingerprint density at radius 2 is 1.93 bits per heavy atom. The molecule has 1 aliphatic rings. The number of aryl methyl sites for hydroxylation is 1. The molecular formula is C22H44N8. The fourth-order valence-corrected chi connectivity index (χ4v) is 4.25. The molecule has 1 fully saturated rings. The van der Waals surface area contributed by atoms with Crippen LogP contribution in [0.3, 0.4) is 0 Å².